The van der Waals surface area contributed by atoms with E-state index in [2.05, 4.69) is 33.9 Å². The Kier molecular flexibility index (Phi) is 3.37. The highest BCUT2D eigenvalue weighted by molar-refractivity contribution is 9.10. The number of thiocarbonyl (C=S) groups is 1. The minimum Gasteiger partial charge on any atom is -0.376 e. The van der Waals surface area contributed by atoms with Gasteiger partial charge in [-0.05, 0) is 30.4 Å². The molecule has 0 aliphatic carbocycles. The predicted octanol–water partition coefficient (Wildman–Crippen LogP) is 2.39. The summed E-state index contributed by atoms with van der Waals surface area (Å²) in [5.74, 6) is 0. The summed E-state index contributed by atoms with van der Waals surface area (Å²) in [6.07, 6.45) is 0. The number of benzene rings is 1. The molecule has 0 aromatic heterocycles. The zero-order chi connectivity index (χ0) is 9.14. The Balaban J connectivity index is 2.93. The highest BCUT2D eigenvalue weighted by atomic mass is 79.9. The van der Waals surface area contributed by atoms with Crippen LogP contribution in [-0.4, -0.2) is 5.11 Å². The molecule has 0 unspecified atom stereocenters. The summed E-state index contributed by atoms with van der Waals surface area (Å²) >= 11 is 12.2. The molecule has 5 heteroatoms. The maximum Gasteiger partial charge on any atom is 0.168 e. The lowest BCUT2D eigenvalue weighted by Crippen LogP contribution is -2.19. The average molecular weight is 263 g/mol. The first-order valence-electron chi connectivity index (χ1n) is 3.14. The molecular weight excluding hydrogens is 256 g/mol. The number of halogens is 1. The second kappa shape index (κ2) is 4.11. The molecule has 0 aliphatic heterocycles. The van der Waals surface area contributed by atoms with Gasteiger partial charge in [0.2, 0.25) is 0 Å². The minimum absolute atomic E-state index is 0.243. The van der Waals surface area contributed by atoms with E-state index < -0.39 is 0 Å². The van der Waals surface area contributed by atoms with Gasteiger partial charge >= 0.3 is 0 Å². The fourth-order valence-electron chi connectivity index (χ4n) is 0.743. The maximum atomic E-state index is 5.31. The summed E-state index contributed by atoms with van der Waals surface area (Å²) in [6.45, 7) is 0. The van der Waals surface area contributed by atoms with Crippen molar-refractivity contribution in [2.24, 2.45) is 5.73 Å². The van der Waals surface area contributed by atoms with Crippen LogP contribution in [0.1, 0.15) is 0 Å². The first kappa shape index (κ1) is 9.83. The Labute approximate surface area is 90.1 Å². The number of hydrogen-bond donors (Lipinski definition) is 3. The predicted molar refractivity (Wildman–Crippen MR) is 61.8 cm³/mol. The van der Waals surface area contributed by atoms with Crippen molar-refractivity contribution in [2.75, 3.05) is 5.32 Å². The number of thiol groups is 1. The van der Waals surface area contributed by atoms with Crippen molar-refractivity contribution in [3.05, 3.63) is 22.7 Å². The van der Waals surface area contributed by atoms with Gasteiger partial charge in [-0.25, -0.2) is 0 Å². The van der Waals surface area contributed by atoms with Gasteiger partial charge in [-0.1, -0.05) is 15.9 Å². The molecule has 0 atom stereocenters. The lowest BCUT2D eigenvalue weighted by molar-refractivity contribution is 1.42. The van der Waals surface area contributed by atoms with E-state index in [1.807, 2.05) is 18.2 Å². The summed E-state index contributed by atoms with van der Waals surface area (Å²) < 4.78 is 0.973. The molecule has 2 nitrogen and oxygen atoms in total. The monoisotopic (exact) mass is 262 g/mol. The van der Waals surface area contributed by atoms with Crippen molar-refractivity contribution < 1.29 is 0 Å². The standard InChI is InChI=1S/C7H7BrN2S2/c8-4-1-2-5(6(11)3-4)10-7(9)12/h1-3,11H,(H3,9,10,12). The van der Waals surface area contributed by atoms with E-state index in [0.29, 0.717) is 0 Å². The molecule has 1 rings (SSSR count). The molecule has 0 aliphatic rings. The fourth-order valence-corrected chi connectivity index (χ4v) is 1.66. The lowest BCUT2D eigenvalue weighted by atomic mass is 10.3. The molecule has 0 fully saturated rings. The molecule has 0 spiro atoms. The second-order valence-corrected chi connectivity index (χ2v) is 3.99. The van der Waals surface area contributed by atoms with E-state index in [9.17, 15) is 0 Å². The number of anilines is 1. The Bertz CT molecular complexity index is 314. The maximum absolute atomic E-state index is 5.31. The first-order valence-corrected chi connectivity index (χ1v) is 4.79. The number of rotatable bonds is 1. The molecule has 0 heterocycles. The van der Waals surface area contributed by atoms with Crippen molar-refractivity contribution in [3.8, 4) is 0 Å². The SMILES string of the molecule is NC(=S)Nc1ccc(Br)cc1S. The van der Waals surface area contributed by atoms with Gasteiger partial charge in [-0.3, -0.25) is 0 Å². The third-order valence-corrected chi connectivity index (χ3v) is 2.18. The molecule has 3 N–H and O–H groups in total. The van der Waals surface area contributed by atoms with Crippen LogP contribution < -0.4 is 11.1 Å². The van der Waals surface area contributed by atoms with Crippen LogP contribution in [0.2, 0.25) is 0 Å². The molecule has 0 saturated heterocycles. The van der Waals surface area contributed by atoms with Gasteiger partial charge < -0.3 is 11.1 Å². The summed E-state index contributed by atoms with van der Waals surface area (Å²) in [5.41, 5.74) is 6.12. The summed E-state index contributed by atoms with van der Waals surface area (Å²) in [4.78, 5) is 0.803. The topological polar surface area (TPSA) is 38.0 Å². The molecule has 1 aromatic carbocycles. The zero-order valence-electron chi connectivity index (χ0n) is 6.04. The van der Waals surface area contributed by atoms with Crippen LogP contribution in [0.15, 0.2) is 27.6 Å². The smallest absolute Gasteiger partial charge is 0.168 e. The van der Waals surface area contributed by atoms with Crippen molar-refractivity contribution >= 4 is 51.6 Å². The molecule has 64 valence electrons. The van der Waals surface area contributed by atoms with Crippen LogP contribution in [0.3, 0.4) is 0 Å². The van der Waals surface area contributed by atoms with E-state index in [1.165, 1.54) is 0 Å². The third-order valence-electron chi connectivity index (χ3n) is 1.22. The van der Waals surface area contributed by atoms with Crippen LogP contribution in [0.25, 0.3) is 0 Å². The molecule has 1 aromatic rings. The molecule has 12 heavy (non-hydrogen) atoms. The van der Waals surface area contributed by atoms with E-state index in [-0.39, 0.29) is 5.11 Å². The number of hydrogen-bond acceptors (Lipinski definition) is 2. The quantitative estimate of drug-likeness (QED) is 0.538. The highest BCUT2D eigenvalue weighted by Gasteiger charge is 1.98. The lowest BCUT2D eigenvalue weighted by Gasteiger charge is -2.06. The summed E-state index contributed by atoms with van der Waals surface area (Å²) in [7, 11) is 0. The van der Waals surface area contributed by atoms with E-state index in [0.717, 1.165) is 15.1 Å². The zero-order valence-corrected chi connectivity index (χ0v) is 9.34. The molecule has 0 saturated carbocycles. The van der Waals surface area contributed by atoms with Crippen LogP contribution in [-0.2, 0) is 0 Å². The average Bonchev–Trinajstić information content (AvgIpc) is 1.94. The Morgan fingerprint density at radius 2 is 2.25 bits per heavy atom. The van der Waals surface area contributed by atoms with Crippen molar-refractivity contribution in [1.82, 2.24) is 0 Å². The Morgan fingerprint density at radius 1 is 1.58 bits per heavy atom. The van der Waals surface area contributed by atoms with E-state index in [4.69, 9.17) is 18.0 Å². The van der Waals surface area contributed by atoms with Gasteiger partial charge in [0.1, 0.15) is 0 Å². The first-order chi connectivity index (χ1) is 5.59. The molecule has 0 amide bonds. The van der Waals surface area contributed by atoms with Crippen molar-refractivity contribution in [3.63, 3.8) is 0 Å². The fraction of sp³-hybridized carbons (Fsp3) is 0. The van der Waals surface area contributed by atoms with E-state index >= 15 is 0 Å². The highest BCUT2D eigenvalue weighted by Crippen LogP contribution is 2.23. The van der Waals surface area contributed by atoms with E-state index in [1.54, 1.807) is 0 Å². The van der Waals surface area contributed by atoms with Crippen LogP contribution in [0.4, 0.5) is 5.69 Å². The minimum atomic E-state index is 0.243. The van der Waals surface area contributed by atoms with Gasteiger partial charge in [-0.2, -0.15) is 0 Å². The van der Waals surface area contributed by atoms with Crippen LogP contribution >= 0.6 is 40.8 Å². The normalized spacial score (nSPS) is 9.50. The molecule has 0 radical (unpaired) electrons. The molecule has 0 bridgehead atoms. The largest absolute Gasteiger partial charge is 0.376 e. The van der Waals surface area contributed by atoms with Gasteiger partial charge in [-0.15, -0.1) is 12.6 Å². The summed E-state index contributed by atoms with van der Waals surface area (Å²) in [6, 6.07) is 5.61. The number of nitrogens with one attached hydrogen (secondary N) is 1. The van der Waals surface area contributed by atoms with Crippen LogP contribution in [0, 0.1) is 0 Å². The van der Waals surface area contributed by atoms with Gasteiger partial charge in [0.05, 0.1) is 5.69 Å². The number of nitrogens with two attached hydrogens (primary N) is 1. The Hall–Kier alpha value is -0.260. The Morgan fingerprint density at radius 3 is 2.75 bits per heavy atom. The van der Waals surface area contributed by atoms with Gasteiger partial charge in [0, 0.05) is 9.37 Å². The van der Waals surface area contributed by atoms with Crippen molar-refractivity contribution in [2.45, 2.75) is 4.90 Å². The molecular formula is C7H7BrN2S2. The van der Waals surface area contributed by atoms with Crippen LogP contribution in [0.5, 0.6) is 0 Å². The van der Waals surface area contributed by atoms with Gasteiger partial charge in [0.25, 0.3) is 0 Å². The second-order valence-electron chi connectivity index (χ2n) is 2.15. The van der Waals surface area contributed by atoms with Crippen molar-refractivity contribution in [1.29, 1.82) is 0 Å². The summed E-state index contributed by atoms with van der Waals surface area (Å²) in [5, 5.41) is 3.06. The van der Waals surface area contributed by atoms with Gasteiger partial charge in [0.15, 0.2) is 5.11 Å². The third kappa shape index (κ3) is 2.66.